The summed E-state index contributed by atoms with van der Waals surface area (Å²) in [5.74, 6) is 0. The maximum absolute atomic E-state index is 6.27. The molecule has 4 heteroatoms. The monoisotopic (exact) mass is 405 g/mol. The number of nitrogens with one attached hydrogen (secondary N) is 1. The fourth-order valence-electron chi connectivity index (χ4n) is 2.05. The van der Waals surface area contributed by atoms with E-state index in [4.69, 9.17) is 23.2 Å². The van der Waals surface area contributed by atoms with E-state index < -0.39 is 0 Å². The molecule has 1 unspecified atom stereocenters. The van der Waals surface area contributed by atoms with Gasteiger partial charge in [0.1, 0.15) is 0 Å². The second kappa shape index (κ2) is 6.93. The van der Waals surface area contributed by atoms with Crippen LogP contribution in [0.25, 0.3) is 0 Å². The van der Waals surface area contributed by atoms with Gasteiger partial charge in [-0.2, -0.15) is 0 Å². The van der Waals surface area contributed by atoms with Crippen LogP contribution in [0.5, 0.6) is 0 Å². The van der Waals surface area contributed by atoms with Crippen molar-refractivity contribution < 1.29 is 0 Å². The van der Waals surface area contributed by atoms with Gasteiger partial charge >= 0.3 is 0 Å². The van der Waals surface area contributed by atoms with E-state index in [0.29, 0.717) is 10.0 Å². The summed E-state index contributed by atoms with van der Waals surface area (Å²) in [5.41, 5.74) is 2.22. The van der Waals surface area contributed by atoms with Crippen LogP contribution >= 0.6 is 45.8 Å². The van der Waals surface area contributed by atoms with E-state index >= 15 is 0 Å². The first-order valence-electron chi connectivity index (χ1n) is 5.97. The first kappa shape index (κ1) is 15.1. The minimum Gasteiger partial charge on any atom is -0.313 e. The van der Waals surface area contributed by atoms with Crippen LogP contribution < -0.4 is 5.32 Å². The normalized spacial score (nSPS) is 12.4. The average molecular weight is 406 g/mol. The minimum atomic E-state index is 0.112. The lowest BCUT2D eigenvalue weighted by Gasteiger charge is -2.19. The van der Waals surface area contributed by atoms with E-state index in [1.165, 1.54) is 9.13 Å². The van der Waals surface area contributed by atoms with Gasteiger partial charge in [-0.3, -0.25) is 0 Å². The zero-order valence-electron chi connectivity index (χ0n) is 10.5. The molecule has 0 amide bonds. The summed E-state index contributed by atoms with van der Waals surface area (Å²) in [6.07, 6.45) is 0.858. The first-order valence-corrected chi connectivity index (χ1v) is 7.81. The third-order valence-corrected chi connectivity index (χ3v) is 4.43. The van der Waals surface area contributed by atoms with Gasteiger partial charge in [-0.25, -0.2) is 0 Å². The number of likely N-dealkylation sites (N-methyl/N-ethyl adjacent to an activating group) is 1. The summed E-state index contributed by atoms with van der Waals surface area (Å²) in [6.45, 7) is 0. The molecule has 2 aromatic carbocycles. The Morgan fingerprint density at radius 2 is 1.63 bits per heavy atom. The van der Waals surface area contributed by atoms with Crippen molar-refractivity contribution in [3.8, 4) is 0 Å². The SMILES string of the molecule is CNC(Cc1ccc(I)cc1)c1c(Cl)cccc1Cl. The second-order valence-corrected chi connectivity index (χ2v) is 6.37. The lowest BCUT2D eigenvalue weighted by Crippen LogP contribution is -2.19. The van der Waals surface area contributed by atoms with Crippen LogP contribution in [-0.4, -0.2) is 7.05 Å². The maximum atomic E-state index is 6.27. The predicted molar refractivity (Wildman–Crippen MR) is 91.1 cm³/mol. The Kier molecular flexibility index (Phi) is 5.51. The Balaban J connectivity index is 2.27. The van der Waals surface area contributed by atoms with Crippen LogP contribution in [0, 0.1) is 3.57 Å². The Bertz CT molecular complexity index is 534. The van der Waals surface area contributed by atoms with Gasteiger partial charge in [0.15, 0.2) is 0 Å². The third kappa shape index (κ3) is 3.85. The van der Waals surface area contributed by atoms with Crippen LogP contribution in [0.3, 0.4) is 0 Å². The average Bonchev–Trinajstić information content (AvgIpc) is 2.39. The molecule has 0 saturated carbocycles. The van der Waals surface area contributed by atoms with Gasteiger partial charge in [0, 0.05) is 25.2 Å². The largest absolute Gasteiger partial charge is 0.313 e. The molecule has 100 valence electrons. The lowest BCUT2D eigenvalue weighted by molar-refractivity contribution is 0.592. The summed E-state index contributed by atoms with van der Waals surface area (Å²) in [4.78, 5) is 0. The highest BCUT2D eigenvalue weighted by atomic mass is 127. The topological polar surface area (TPSA) is 12.0 Å². The lowest BCUT2D eigenvalue weighted by atomic mass is 9.99. The molecular formula is C15H14Cl2IN. The number of hydrogen-bond acceptors (Lipinski definition) is 1. The van der Waals surface area contributed by atoms with Gasteiger partial charge in [-0.05, 0) is 65.9 Å². The molecule has 0 heterocycles. The Hall–Kier alpha value is -0.290. The molecule has 1 atom stereocenters. The summed E-state index contributed by atoms with van der Waals surface area (Å²) in [5, 5.41) is 4.70. The highest BCUT2D eigenvalue weighted by Crippen LogP contribution is 2.32. The van der Waals surface area contributed by atoms with Gasteiger partial charge < -0.3 is 5.32 Å². The molecule has 19 heavy (non-hydrogen) atoms. The number of hydrogen-bond donors (Lipinski definition) is 1. The number of halogens is 3. The fraction of sp³-hybridized carbons (Fsp3) is 0.200. The number of rotatable bonds is 4. The first-order chi connectivity index (χ1) is 9.11. The summed E-state index contributed by atoms with van der Waals surface area (Å²) in [6, 6.07) is 14.2. The molecule has 0 aliphatic heterocycles. The molecule has 2 rings (SSSR count). The number of benzene rings is 2. The van der Waals surface area contributed by atoms with Gasteiger partial charge in [-0.1, -0.05) is 41.4 Å². The molecule has 0 radical (unpaired) electrons. The third-order valence-electron chi connectivity index (χ3n) is 3.05. The van der Waals surface area contributed by atoms with E-state index in [-0.39, 0.29) is 6.04 Å². The van der Waals surface area contributed by atoms with E-state index in [1.807, 2.05) is 25.2 Å². The quantitative estimate of drug-likeness (QED) is 0.697. The molecule has 1 N–H and O–H groups in total. The zero-order chi connectivity index (χ0) is 13.8. The van der Waals surface area contributed by atoms with Gasteiger partial charge in [0.2, 0.25) is 0 Å². The summed E-state index contributed by atoms with van der Waals surface area (Å²) >= 11 is 14.8. The van der Waals surface area contributed by atoms with Crippen molar-refractivity contribution in [2.45, 2.75) is 12.5 Å². The molecule has 2 aromatic rings. The predicted octanol–water partition coefficient (Wildman–Crippen LogP) is 5.10. The molecule has 1 nitrogen and oxygen atoms in total. The second-order valence-electron chi connectivity index (χ2n) is 4.31. The van der Waals surface area contributed by atoms with E-state index in [2.05, 4.69) is 52.2 Å². The highest BCUT2D eigenvalue weighted by molar-refractivity contribution is 14.1. The van der Waals surface area contributed by atoms with Crippen molar-refractivity contribution >= 4 is 45.8 Å². The summed E-state index contributed by atoms with van der Waals surface area (Å²) in [7, 11) is 1.93. The van der Waals surface area contributed by atoms with Crippen molar-refractivity contribution in [2.24, 2.45) is 0 Å². The molecular weight excluding hydrogens is 392 g/mol. The van der Waals surface area contributed by atoms with E-state index in [1.54, 1.807) is 0 Å². The van der Waals surface area contributed by atoms with Gasteiger partial charge in [0.05, 0.1) is 0 Å². The Morgan fingerprint density at radius 3 is 2.16 bits per heavy atom. The highest BCUT2D eigenvalue weighted by Gasteiger charge is 2.16. The van der Waals surface area contributed by atoms with Crippen LogP contribution in [0.1, 0.15) is 17.2 Å². The molecule has 0 fully saturated rings. The Labute approximate surface area is 137 Å². The van der Waals surface area contributed by atoms with Crippen molar-refractivity contribution in [1.82, 2.24) is 5.32 Å². The molecule has 0 saturated heterocycles. The summed E-state index contributed by atoms with van der Waals surface area (Å²) < 4.78 is 1.23. The van der Waals surface area contributed by atoms with Crippen LogP contribution in [-0.2, 0) is 6.42 Å². The standard InChI is InChI=1S/C15H14Cl2IN/c1-19-14(9-10-5-7-11(18)8-6-10)15-12(16)3-2-4-13(15)17/h2-8,14,19H,9H2,1H3. The van der Waals surface area contributed by atoms with Crippen LogP contribution in [0.15, 0.2) is 42.5 Å². The van der Waals surface area contributed by atoms with Gasteiger partial charge in [-0.15, -0.1) is 0 Å². The van der Waals surface area contributed by atoms with Crippen LogP contribution in [0.2, 0.25) is 10.0 Å². The maximum Gasteiger partial charge on any atom is 0.0468 e. The smallest absolute Gasteiger partial charge is 0.0468 e. The molecule has 0 aromatic heterocycles. The molecule has 0 aliphatic carbocycles. The zero-order valence-corrected chi connectivity index (χ0v) is 14.1. The van der Waals surface area contributed by atoms with Crippen LogP contribution in [0.4, 0.5) is 0 Å². The van der Waals surface area contributed by atoms with Crippen molar-refractivity contribution in [3.63, 3.8) is 0 Å². The Morgan fingerprint density at radius 1 is 1.05 bits per heavy atom. The molecule has 0 spiro atoms. The minimum absolute atomic E-state index is 0.112. The van der Waals surface area contributed by atoms with Crippen molar-refractivity contribution in [2.75, 3.05) is 7.05 Å². The van der Waals surface area contributed by atoms with Crippen molar-refractivity contribution in [3.05, 3.63) is 67.2 Å². The van der Waals surface area contributed by atoms with Gasteiger partial charge in [0.25, 0.3) is 0 Å². The molecule has 0 aliphatic rings. The van der Waals surface area contributed by atoms with Crippen molar-refractivity contribution in [1.29, 1.82) is 0 Å². The molecule has 0 bridgehead atoms. The fourth-order valence-corrected chi connectivity index (χ4v) is 3.07. The van der Waals surface area contributed by atoms with E-state index in [0.717, 1.165) is 12.0 Å². The van der Waals surface area contributed by atoms with E-state index in [9.17, 15) is 0 Å².